The Morgan fingerprint density at radius 3 is 2.69 bits per heavy atom. The van der Waals surface area contributed by atoms with Crippen molar-refractivity contribution >= 4 is 24.2 Å². The van der Waals surface area contributed by atoms with E-state index in [1.165, 1.54) is 12.1 Å². The Kier molecular flexibility index (Phi) is 7.90. The largest absolute Gasteiger partial charge is 0.416 e. The molecule has 1 aromatic rings. The second-order valence-corrected chi connectivity index (χ2v) is 7.19. The molecule has 162 valence electrons. The molecule has 29 heavy (non-hydrogen) atoms. The third-order valence-corrected chi connectivity index (χ3v) is 5.17. The van der Waals surface area contributed by atoms with Gasteiger partial charge in [0.05, 0.1) is 17.7 Å². The van der Waals surface area contributed by atoms with Crippen molar-refractivity contribution in [1.82, 2.24) is 10.2 Å². The number of nitrogens with two attached hydrogens (primary N) is 1. The highest BCUT2D eigenvalue weighted by Gasteiger charge is 2.34. The number of halogens is 4. The Labute approximate surface area is 173 Å². The van der Waals surface area contributed by atoms with Crippen molar-refractivity contribution in [3.63, 3.8) is 0 Å². The van der Waals surface area contributed by atoms with Crippen LogP contribution in [0.2, 0.25) is 0 Å². The third kappa shape index (κ3) is 5.83. The van der Waals surface area contributed by atoms with Crippen LogP contribution in [0, 0.1) is 0 Å². The van der Waals surface area contributed by atoms with E-state index in [2.05, 4.69) is 5.32 Å². The summed E-state index contributed by atoms with van der Waals surface area (Å²) in [5.74, 6) is -0.462. The van der Waals surface area contributed by atoms with Gasteiger partial charge in [0.1, 0.15) is 6.10 Å². The molecule has 2 amide bonds. The van der Waals surface area contributed by atoms with E-state index in [0.717, 1.165) is 12.1 Å². The smallest absolute Gasteiger partial charge is 0.364 e. The Hall–Kier alpha value is -1.84. The second-order valence-electron chi connectivity index (χ2n) is 7.19. The molecule has 2 saturated heterocycles. The minimum Gasteiger partial charge on any atom is -0.364 e. The fourth-order valence-corrected chi connectivity index (χ4v) is 3.62. The Bertz CT molecular complexity index is 732. The predicted octanol–water partition coefficient (Wildman–Crippen LogP) is 2.41. The van der Waals surface area contributed by atoms with Crippen LogP contribution in [0.5, 0.6) is 0 Å². The molecule has 1 unspecified atom stereocenters. The highest BCUT2D eigenvalue weighted by molar-refractivity contribution is 5.85. The van der Waals surface area contributed by atoms with E-state index in [1.54, 1.807) is 4.90 Å². The summed E-state index contributed by atoms with van der Waals surface area (Å²) in [6.45, 7) is 0.960. The molecule has 2 aliphatic rings. The zero-order valence-electron chi connectivity index (χ0n) is 15.8. The van der Waals surface area contributed by atoms with Crippen LogP contribution in [0.3, 0.4) is 0 Å². The lowest BCUT2D eigenvalue weighted by molar-refractivity contribution is -0.137. The number of hydrogen-bond acceptors (Lipinski definition) is 4. The summed E-state index contributed by atoms with van der Waals surface area (Å²) in [5.41, 5.74) is 5.07. The number of benzene rings is 1. The monoisotopic (exact) mass is 435 g/mol. The molecule has 0 saturated carbocycles. The van der Waals surface area contributed by atoms with Crippen molar-refractivity contribution in [2.75, 3.05) is 19.6 Å². The number of alkyl halides is 3. The minimum absolute atomic E-state index is 0. The molecule has 2 aliphatic heterocycles. The summed E-state index contributed by atoms with van der Waals surface area (Å²) < 4.78 is 44.9. The first-order valence-corrected chi connectivity index (χ1v) is 9.38. The number of likely N-dealkylation sites (tertiary alicyclic amines) is 1. The van der Waals surface area contributed by atoms with Gasteiger partial charge in [0.2, 0.25) is 11.8 Å². The molecule has 2 fully saturated rings. The average molecular weight is 436 g/mol. The lowest BCUT2D eigenvalue weighted by Crippen LogP contribution is -2.43. The Morgan fingerprint density at radius 2 is 2.10 bits per heavy atom. The van der Waals surface area contributed by atoms with E-state index >= 15 is 0 Å². The van der Waals surface area contributed by atoms with Gasteiger partial charge in [-0.2, -0.15) is 13.2 Å². The van der Waals surface area contributed by atoms with Gasteiger partial charge in [-0.05, 0) is 37.0 Å². The number of amides is 2. The topological polar surface area (TPSA) is 84.7 Å². The molecular formula is C19H25ClF3N3O3. The summed E-state index contributed by atoms with van der Waals surface area (Å²) in [6, 6.07) is 4.08. The van der Waals surface area contributed by atoms with Gasteiger partial charge in [-0.25, -0.2) is 0 Å². The van der Waals surface area contributed by atoms with Gasteiger partial charge >= 0.3 is 6.18 Å². The summed E-state index contributed by atoms with van der Waals surface area (Å²) in [7, 11) is 0. The first-order chi connectivity index (χ1) is 13.3. The van der Waals surface area contributed by atoms with Crippen molar-refractivity contribution in [3.8, 4) is 0 Å². The molecule has 0 spiro atoms. The average Bonchev–Trinajstić information content (AvgIpc) is 3.30. The van der Waals surface area contributed by atoms with E-state index in [9.17, 15) is 22.8 Å². The van der Waals surface area contributed by atoms with Crippen molar-refractivity contribution in [1.29, 1.82) is 0 Å². The Morgan fingerprint density at radius 1 is 1.34 bits per heavy atom. The second kappa shape index (κ2) is 9.77. The van der Waals surface area contributed by atoms with Crippen molar-refractivity contribution in [3.05, 3.63) is 35.4 Å². The van der Waals surface area contributed by atoms with Crippen LogP contribution in [0.4, 0.5) is 13.2 Å². The molecule has 1 aromatic carbocycles. The number of hydrogen-bond donors (Lipinski definition) is 2. The fraction of sp³-hybridized carbons (Fsp3) is 0.579. The quantitative estimate of drug-likeness (QED) is 0.718. The first kappa shape index (κ1) is 23.4. The number of nitrogens with zero attached hydrogens (tertiary/aromatic N) is 1. The maximum Gasteiger partial charge on any atom is 0.416 e. The molecule has 10 heteroatoms. The lowest BCUT2D eigenvalue weighted by Gasteiger charge is -2.27. The molecule has 3 atom stereocenters. The molecule has 2 heterocycles. The van der Waals surface area contributed by atoms with Gasteiger partial charge in [-0.1, -0.05) is 12.1 Å². The molecule has 3 N–H and O–H groups in total. The standard InChI is InChI=1S/C19H24F3N3O3.ClH/c20-19(21,22)13-4-1-3-12(9-13)15(11-25-8-2-5-17(25)26)24-18(27)16-7-6-14(10-23)28-16;/h1,3-4,9,14-16H,2,5-8,10-11,23H2,(H,24,27);1H/t14-,15?,16+;/m1./s1. The van der Waals surface area contributed by atoms with Gasteiger partial charge in [-0.15, -0.1) is 12.4 Å². The maximum atomic E-state index is 13.1. The lowest BCUT2D eigenvalue weighted by atomic mass is 10.0. The minimum atomic E-state index is -4.49. The van der Waals surface area contributed by atoms with Crippen LogP contribution in [-0.2, 0) is 20.5 Å². The van der Waals surface area contributed by atoms with E-state index in [4.69, 9.17) is 10.5 Å². The predicted molar refractivity (Wildman–Crippen MR) is 102 cm³/mol. The van der Waals surface area contributed by atoms with Crippen LogP contribution >= 0.6 is 12.4 Å². The van der Waals surface area contributed by atoms with E-state index in [-0.39, 0.29) is 31.0 Å². The third-order valence-electron chi connectivity index (χ3n) is 5.17. The number of ether oxygens (including phenoxy) is 1. The van der Waals surface area contributed by atoms with Gasteiger partial charge in [0.25, 0.3) is 0 Å². The number of carbonyl (C=O) groups is 2. The zero-order chi connectivity index (χ0) is 20.3. The highest BCUT2D eigenvalue weighted by atomic mass is 35.5. The van der Waals surface area contributed by atoms with E-state index < -0.39 is 29.8 Å². The number of rotatable bonds is 6. The van der Waals surface area contributed by atoms with Crippen molar-refractivity contribution in [2.45, 2.75) is 50.1 Å². The summed E-state index contributed by atoms with van der Waals surface area (Å²) in [5, 5.41) is 2.78. The first-order valence-electron chi connectivity index (χ1n) is 9.38. The van der Waals surface area contributed by atoms with Crippen molar-refractivity contribution < 1.29 is 27.5 Å². The van der Waals surface area contributed by atoms with Gasteiger partial charge in [0, 0.05) is 26.1 Å². The van der Waals surface area contributed by atoms with E-state index in [0.29, 0.717) is 44.3 Å². The SMILES string of the molecule is Cl.NC[C@H]1CC[C@@H](C(=O)NC(CN2CCCC2=O)c2cccc(C(F)(F)F)c2)O1. The molecule has 3 rings (SSSR count). The van der Waals surface area contributed by atoms with Crippen LogP contribution in [0.25, 0.3) is 0 Å². The van der Waals surface area contributed by atoms with Gasteiger partial charge in [-0.3, -0.25) is 9.59 Å². The molecular weight excluding hydrogens is 411 g/mol. The van der Waals surface area contributed by atoms with Crippen LogP contribution in [-0.4, -0.2) is 48.6 Å². The summed E-state index contributed by atoms with van der Waals surface area (Å²) in [4.78, 5) is 26.2. The van der Waals surface area contributed by atoms with Gasteiger partial charge in [0.15, 0.2) is 0 Å². The van der Waals surface area contributed by atoms with Crippen molar-refractivity contribution in [2.24, 2.45) is 5.73 Å². The zero-order valence-corrected chi connectivity index (χ0v) is 16.6. The fourth-order valence-electron chi connectivity index (χ4n) is 3.62. The molecule has 0 radical (unpaired) electrons. The number of nitrogens with one attached hydrogen (secondary N) is 1. The van der Waals surface area contributed by atoms with Gasteiger partial charge < -0.3 is 20.7 Å². The molecule has 0 bridgehead atoms. The Balaban J connectivity index is 0.00000300. The molecule has 0 aromatic heterocycles. The highest BCUT2D eigenvalue weighted by Crippen LogP contribution is 2.31. The maximum absolute atomic E-state index is 13.1. The van der Waals surface area contributed by atoms with Crippen LogP contribution < -0.4 is 11.1 Å². The van der Waals surface area contributed by atoms with Crippen LogP contribution in [0.1, 0.15) is 42.9 Å². The van der Waals surface area contributed by atoms with Crippen LogP contribution in [0.15, 0.2) is 24.3 Å². The normalized spacial score (nSPS) is 23.0. The molecule has 0 aliphatic carbocycles. The summed E-state index contributed by atoms with van der Waals surface area (Å²) in [6.07, 6.45) is -3.09. The molecule has 6 nitrogen and oxygen atoms in total. The number of carbonyl (C=O) groups excluding carboxylic acids is 2. The summed E-state index contributed by atoms with van der Waals surface area (Å²) >= 11 is 0. The van der Waals surface area contributed by atoms with E-state index in [1.807, 2.05) is 0 Å².